The van der Waals surface area contributed by atoms with E-state index >= 15 is 0 Å². The van der Waals surface area contributed by atoms with Crippen LogP contribution in [0, 0.1) is 11.3 Å². The lowest BCUT2D eigenvalue weighted by Gasteiger charge is -2.22. The van der Waals surface area contributed by atoms with Gasteiger partial charge >= 0.3 is 12.2 Å². The van der Waals surface area contributed by atoms with Crippen LogP contribution in [-0.2, 0) is 4.74 Å². The maximum Gasteiger partial charge on any atom is 0.416 e. The number of nitrogens with one attached hydrogen (secondary N) is 1. The first kappa shape index (κ1) is 19.1. The molecular weight excluding hydrogens is 358 g/mol. The van der Waals surface area contributed by atoms with Crippen molar-refractivity contribution in [3.05, 3.63) is 59.1 Å². The Morgan fingerprint density at radius 3 is 2.54 bits per heavy atom. The molecule has 0 aliphatic rings. The van der Waals surface area contributed by atoms with Gasteiger partial charge in [-0.05, 0) is 29.8 Å². The standard InChI is InChI=1S/C18H16ClN3O4/c1-22(16(11-20)12-6-8-13(19)9-7-12)18(24)26-15-5-3-4-14(10-15)21-17(23)25-2/h3-10,16H,1-2H3,(H,21,23). The van der Waals surface area contributed by atoms with Gasteiger partial charge in [0.05, 0.1) is 13.2 Å². The normalized spacial score (nSPS) is 11.0. The van der Waals surface area contributed by atoms with E-state index in [-0.39, 0.29) is 5.75 Å². The van der Waals surface area contributed by atoms with E-state index in [1.807, 2.05) is 0 Å². The molecule has 0 aromatic heterocycles. The van der Waals surface area contributed by atoms with Crippen LogP contribution in [0.5, 0.6) is 5.75 Å². The van der Waals surface area contributed by atoms with Crippen molar-refractivity contribution >= 4 is 29.5 Å². The van der Waals surface area contributed by atoms with Crippen LogP contribution in [0.25, 0.3) is 0 Å². The van der Waals surface area contributed by atoms with Gasteiger partial charge in [0.1, 0.15) is 11.8 Å². The van der Waals surface area contributed by atoms with Crippen molar-refractivity contribution in [2.24, 2.45) is 0 Å². The maximum atomic E-state index is 12.4. The van der Waals surface area contributed by atoms with Crippen LogP contribution in [-0.4, -0.2) is 31.2 Å². The third-order valence-electron chi connectivity index (χ3n) is 3.45. The molecule has 0 bridgehead atoms. The molecule has 0 fully saturated rings. The number of nitriles is 1. The number of rotatable bonds is 4. The molecule has 7 nitrogen and oxygen atoms in total. The summed E-state index contributed by atoms with van der Waals surface area (Å²) in [7, 11) is 2.70. The van der Waals surface area contributed by atoms with Crippen LogP contribution >= 0.6 is 11.6 Å². The van der Waals surface area contributed by atoms with Crippen molar-refractivity contribution in [3.8, 4) is 11.8 Å². The van der Waals surface area contributed by atoms with Crippen molar-refractivity contribution in [2.75, 3.05) is 19.5 Å². The summed E-state index contributed by atoms with van der Waals surface area (Å²) in [6.07, 6.45) is -1.36. The topological polar surface area (TPSA) is 91.7 Å². The minimum Gasteiger partial charge on any atom is -0.453 e. The number of carbonyl (C=O) groups excluding carboxylic acids is 2. The predicted molar refractivity (Wildman–Crippen MR) is 96.1 cm³/mol. The van der Waals surface area contributed by atoms with Crippen molar-refractivity contribution < 1.29 is 19.1 Å². The molecule has 0 radical (unpaired) electrons. The summed E-state index contributed by atoms with van der Waals surface area (Å²) in [5, 5.41) is 12.4. The number of ether oxygens (including phenoxy) is 2. The first-order chi connectivity index (χ1) is 12.4. The van der Waals surface area contributed by atoms with Gasteiger partial charge in [-0.3, -0.25) is 10.2 Å². The van der Waals surface area contributed by atoms with Crippen LogP contribution in [0.2, 0.25) is 5.02 Å². The highest BCUT2D eigenvalue weighted by Crippen LogP contribution is 2.23. The Labute approximate surface area is 155 Å². The second kappa shape index (κ2) is 8.74. The molecule has 2 aromatic rings. The first-order valence-electron chi connectivity index (χ1n) is 7.49. The van der Waals surface area contributed by atoms with Gasteiger partial charge in [0.25, 0.3) is 0 Å². The SMILES string of the molecule is COC(=O)Nc1cccc(OC(=O)N(C)C(C#N)c2ccc(Cl)cc2)c1. The molecule has 134 valence electrons. The molecule has 0 spiro atoms. The van der Waals surface area contributed by atoms with Gasteiger partial charge in [-0.2, -0.15) is 5.26 Å². The van der Waals surface area contributed by atoms with Gasteiger partial charge in [0.15, 0.2) is 0 Å². The molecule has 8 heteroatoms. The van der Waals surface area contributed by atoms with Crippen LogP contribution in [0.15, 0.2) is 48.5 Å². The Hall–Kier alpha value is -3.24. The van der Waals surface area contributed by atoms with Gasteiger partial charge in [0.2, 0.25) is 0 Å². The lowest BCUT2D eigenvalue weighted by atomic mass is 10.1. The number of anilines is 1. The van der Waals surface area contributed by atoms with Crippen molar-refractivity contribution in [1.29, 1.82) is 5.26 Å². The zero-order valence-electron chi connectivity index (χ0n) is 14.1. The zero-order chi connectivity index (χ0) is 19.1. The number of amides is 2. The lowest BCUT2D eigenvalue weighted by Crippen LogP contribution is -2.33. The average molecular weight is 374 g/mol. The summed E-state index contributed by atoms with van der Waals surface area (Å²) in [6.45, 7) is 0. The molecule has 0 saturated carbocycles. The summed E-state index contributed by atoms with van der Waals surface area (Å²) in [5.74, 6) is 0.212. The van der Waals surface area contributed by atoms with Gasteiger partial charge < -0.3 is 9.47 Å². The lowest BCUT2D eigenvalue weighted by molar-refractivity contribution is 0.155. The summed E-state index contributed by atoms with van der Waals surface area (Å²) in [6, 6.07) is 14.1. The summed E-state index contributed by atoms with van der Waals surface area (Å²) < 4.78 is 9.78. The number of hydrogen-bond acceptors (Lipinski definition) is 5. The molecule has 1 N–H and O–H groups in total. The second-order valence-corrected chi connectivity index (χ2v) is 5.64. The number of hydrogen-bond donors (Lipinski definition) is 1. The number of carbonyl (C=O) groups is 2. The number of benzene rings is 2. The Kier molecular flexibility index (Phi) is 6.42. The Bertz CT molecular complexity index is 833. The van der Waals surface area contributed by atoms with Gasteiger partial charge in [0, 0.05) is 23.8 Å². The van der Waals surface area contributed by atoms with E-state index in [0.29, 0.717) is 16.3 Å². The summed E-state index contributed by atoms with van der Waals surface area (Å²) >= 11 is 5.84. The van der Waals surface area contributed by atoms with Crippen molar-refractivity contribution in [3.63, 3.8) is 0 Å². The fourth-order valence-electron chi connectivity index (χ4n) is 2.11. The minimum absolute atomic E-state index is 0.212. The monoisotopic (exact) mass is 373 g/mol. The predicted octanol–water partition coefficient (Wildman–Crippen LogP) is 4.21. The highest BCUT2D eigenvalue weighted by Gasteiger charge is 2.23. The van der Waals surface area contributed by atoms with E-state index in [9.17, 15) is 14.9 Å². The molecule has 0 heterocycles. The molecule has 2 amide bonds. The Balaban J connectivity index is 2.10. The van der Waals surface area contributed by atoms with Gasteiger partial charge in [-0.1, -0.05) is 29.8 Å². The van der Waals surface area contributed by atoms with Crippen LogP contribution < -0.4 is 10.1 Å². The molecule has 0 aliphatic heterocycles. The van der Waals surface area contributed by atoms with Crippen LogP contribution in [0.1, 0.15) is 11.6 Å². The smallest absolute Gasteiger partial charge is 0.416 e. The van der Waals surface area contributed by atoms with Crippen LogP contribution in [0.3, 0.4) is 0 Å². The van der Waals surface area contributed by atoms with E-state index in [1.54, 1.807) is 42.5 Å². The van der Waals surface area contributed by atoms with Gasteiger partial charge in [-0.25, -0.2) is 9.59 Å². The molecule has 2 aromatic carbocycles. The number of methoxy groups -OCH3 is 1. The van der Waals surface area contributed by atoms with Crippen molar-refractivity contribution in [1.82, 2.24) is 4.90 Å². The van der Waals surface area contributed by atoms with E-state index in [2.05, 4.69) is 16.1 Å². The third-order valence-corrected chi connectivity index (χ3v) is 3.71. The van der Waals surface area contributed by atoms with E-state index < -0.39 is 18.2 Å². The molecule has 26 heavy (non-hydrogen) atoms. The highest BCUT2D eigenvalue weighted by atomic mass is 35.5. The second-order valence-electron chi connectivity index (χ2n) is 5.21. The van der Waals surface area contributed by atoms with E-state index in [4.69, 9.17) is 16.3 Å². The third kappa shape index (κ3) is 4.88. The fourth-order valence-corrected chi connectivity index (χ4v) is 2.24. The summed E-state index contributed by atoms with van der Waals surface area (Å²) in [5.41, 5.74) is 1.01. The molecule has 1 unspecified atom stereocenters. The van der Waals surface area contributed by atoms with Gasteiger partial charge in [-0.15, -0.1) is 0 Å². The van der Waals surface area contributed by atoms with Crippen LogP contribution in [0.4, 0.5) is 15.3 Å². The average Bonchev–Trinajstić information content (AvgIpc) is 2.63. The van der Waals surface area contributed by atoms with Crippen molar-refractivity contribution in [2.45, 2.75) is 6.04 Å². The molecular formula is C18H16ClN3O4. The minimum atomic E-state index is -0.837. The maximum absolute atomic E-state index is 12.4. The molecule has 0 saturated heterocycles. The molecule has 0 aliphatic carbocycles. The zero-order valence-corrected chi connectivity index (χ0v) is 14.9. The molecule has 1 atom stereocenters. The first-order valence-corrected chi connectivity index (χ1v) is 7.87. The number of nitrogens with zero attached hydrogens (tertiary/aromatic N) is 2. The fraction of sp³-hybridized carbons (Fsp3) is 0.167. The quantitative estimate of drug-likeness (QED) is 0.866. The Morgan fingerprint density at radius 1 is 1.23 bits per heavy atom. The largest absolute Gasteiger partial charge is 0.453 e. The Morgan fingerprint density at radius 2 is 1.92 bits per heavy atom. The number of halogens is 1. The molecule has 2 rings (SSSR count). The van der Waals surface area contributed by atoms with E-state index in [0.717, 1.165) is 0 Å². The van der Waals surface area contributed by atoms with E-state index in [1.165, 1.54) is 25.1 Å². The highest BCUT2D eigenvalue weighted by molar-refractivity contribution is 6.30. The summed E-state index contributed by atoms with van der Waals surface area (Å²) in [4.78, 5) is 24.8.